The number of hydrogen-bond acceptors (Lipinski definition) is 6. The Kier molecular flexibility index (Phi) is 4.46. The summed E-state index contributed by atoms with van der Waals surface area (Å²) in [7, 11) is 1.55. The number of benzene rings is 2. The van der Waals surface area contributed by atoms with Crippen molar-refractivity contribution in [2.45, 2.75) is 29.1 Å². The van der Waals surface area contributed by atoms with Crippen LogP contribution in [0.2, 0.25) is 0 Å². The maximum atomic E-state index is 13.9. The number of hydrogen-bond donors (Lipinski definition) is 1. The molecule has 32 heavy (non-hydrogen) atoms. The van der Waals surface area contributed by atoms with Crippen LogP contribution < -0.4 is 15.9 Å². The Bertz CT molecular complexity index is 1520. The lowest BCUT2D eigenvalue weighted by Gasteiger charge is -2.20. The molecule has 0 unspecified atom stereocenters. The van der Waals surface area contributed by atoms with Gasteiger partial charge in [0.25, 0.3) is 5.56 Å². The molecule has 5 rings (SSSR count). The van der Waals surface area contributed by atoms with Crippen molar-refractivity contribution >= 4 is 22.7 Å². The molecule has 0 radical (unpaired) electrons. The number of ether oxygens (including phenoxy) is 1. The zero-order chi connectivity index (χ0) is 22.8. The van der Waals surface area contributed by atoms with Gasteiger partial charge >= 0.3 is 5.63 Å². The monoisotopic (exact) mass is 451 g/mol. The fraction of sp³-hybridized carbons (Fsp3) is 0.167. The summed E-state index contributed by atoms with van der Waals surface area (Å²) in [6, 6.07) is 12.7. The van der Waals surface area contributed by atoms with Crippen molar-refractivity contribution in [3.8, 4) is 17.2 Å². The standard InChI is InChI=1S/C24H18FNO5S/c1-24(2)15-10-12(25)4-9-16(15)26-18(24)11-17-19(22(26)28)20(27)21(23(29)31-17)32-14-7-5-13(30-3)6-8-14/h4-11,27H,1-3H3. The maximum Gasteiger partial charge on any atom is 0.354 e. The highest BCUT2D eigenvalue weighted by Crippen LogP contribution is 2.44. The summed E-state index contributed by atoms with van der Waals surface area (Å²) < 4.78 is 26.0. The Morgan fingerprint density at radius 3 is 2.50 bits per heavy atom. The molecule has 0 amide bonds. The third-order valence-electron chi connectivity index (χ3n) is 5.80. The van der Waals surface area contributed by atoms with Crippen molar-refractivity contribution in [2.24, 2.45) is 0 Å². The van der Waals surface area contributed by atoms with Gasteiger partial charge in [-0.05, 0) is 48.0 Å². The second kappa shape index (κ2) is 7.00. The van der Waals surface area contributed by atoms with E-state index in [0.29, 0.717) is 27.6 Å². The summed E-state index contributed by atoms with van der Waals surface area (Å²) in [5.41, 5.74) is -0.269. The Morgan fingerprint density at radius 1 is 1.09 bits per heavy atom. The molecular formula is C24H18FNO5S. The van der Waals surface area contributed by atoms with E-state index in [4.69, 9.17) is 9.15 Å². The van der Waals surface area contributed by atoms with E-state index in [9.17, 15) is 19.1 Å². The van der Waals surface area contributed by atoms with Crippen molar-refractivity contribution in [2.75, 3.05) is 7.11 Å². The number of rotatable bonds is 3. The van der Waals surface area contributed by atoms with Crippen LogP contribution in [0.15, 0.2) is 72.3 Å². The van der Waals surface area contributed by atoms with Gasteiger partial charge in [-0.3, -0.25) is 9.36 Å². The van der Waals surface area contributed by atoms with E-state index >= 15 is 0 Å². The molecule has 1 aliphatic rings. The summed E-state index contributed by atoms with van der Waals surface area (Å²) >= 11 is 0.995. The van der Waals surface area contributed by atoms with Gasteiger partial charge in [0.1, 0.15) is 27.4 Å². The van der Waals surface area contributed by atoms with Crippen LogP contribution in [0.3, 0.4) is 0 Å². The minimum Gasteiger partial charge on any atom is -0.505 e. The lowest BCUT2D eigenvalue weighted by molar-refractivity contribution is 0.414. The van der Waals surface area contributed by atoms with E-state index in [-0.39, 0.29) is 15.9 Å². The number of aromatic nitrogens is 1. The van der Waals surface area contributed by atoms with Crippen molar-refractivity contribution in [1.29, 1.82) is 0 Å². The highest BCUT2D eigenvalue weighted by atomic mass is 32.2. The molecule has 6 nitrogen and oxygen atoms in total. The van der Waals surface area contributed by atoms with Crippen LogP contribution in [0, 0.1) is 5.82 Å². The fourth-order valence-electron chi connectivity index (χ4n) is 4.13. The number of nitrogens with zero attached hydrogens (tertiary/aromatic N) is 1. The molecule has 1 N–H and O–H groups in total. The molecule has 2 aromatic heterocycles. The molecule has 0 atom stereocenters. The summed E-state index contributed by atoms with van der Waals surface area (Å²) in [5.74, 6) is -0.198. The smallest absolute Gasteiger partial charge is 0.354 e. The third kappa shape index (κ3) is 2.86. The zero-order valence-electron chi connectivity index (χ0n) is 17.4. The number of methoxy groups -OCH3 is 1. The molecule has 3 heterocycles. The molecule has 0 bridgehead atoms. The van der Waals surface area contributed by atoms with E-state index in [0.717, 1.165) is 11.8 Å². The number of halogens is 1. The first kappa shape index (κ1) is 20.4. The van der Waals surface area contributed by atoms with E-state index in [1.54, 1.807) is 43.5 Å². The van der Waals surface area contributed by atoms with Gasteiger partial charge in [-0.15, -0.1) is 0 Å². The van der Waals surface area contributed by atoms with Crippen molar-refractivity contribution in [1.82, 2.24) is 4.57 Å². The van der Waals surface area contributed by atoms with Crippen LogP contribution in [0.4, 0.5) is 4.39 Å². The van der Waals surface area contributed by atoms with E-state index < -0.39 is 28.2 Å². The molecule has 0 saturated carbocycles. The van der Waals surface area contributed by atoms with Crippen LogP contribution in [0.25, 0.3) is 16.7 Å². The number of pyridine rings is 1. The predicted molar refractivity (Wildman–Crippen MR) is 119 cm³/mol. The van der Waals surface area contributed by atoms with Crippen molar-refractivity contribution in [3.05, 3.63) is 86.4 Å². The molecular weight excluding hydrogens is 433 g/mol. The Balaban J connectivity index is 1.74. The predicted octanol–water partition coefficient (Wildman–Crippen LogP) is 4.59. The fourth-order valence-corrected chi connectivity index (χ4v) is 4.97. The van der Waals surface area contributed by atoms with E-state index in [1.807, 2.05) is 13.8 Å². The van der Waals surface area contributed by atoms with Crippen LogP contribution in [-0.4, -0.2) is 16.8 Å². The summed E-state index contributed by atoms with van der Waals surface area (Å²) in [4.78, 5) is 26.8. The molecule has 4 aromatic rings. The Morgan fingerprint density at radius 2 is 1.81 bits per heavy atom. The van der Waals surface area contributed by atoms with Crippen LogP contribution >= 0.6 is 11.8 Å². The second-order valence-electron chi connectivity index (χ2n) is 8.04. The molecule has 0 saturated heterocycles. The van der Waals surface area contributed by atoms with Gasteiger partial charge in [-0.25, -0.2) is 9.18 Å². The molecule has 8 heteroatoms. The molecule has 1 aliphatic heterocycles. The lowest BCUT2D eigenvalue weighted by Crippen LogP contribution is -2.24. The molecule has 0 aliphatic carbocycles. The second-order valence-corrected chi connectivity index (χ2v) is 9.12. The van der Waals surface area contributed by atoms with Gasteiger partial charge in [-0.1, -0.05) is 25.6 Å². The molecule has 0 fully saturated rings. The first-order valence-corrected chi connectivity index (χ1v) is 10.6. The summed E-state index contributed by atoms with van der Waals surface area (Å²) in [6.07, 6.45) is 0. The summed E-state index contributed by atoms with van der Waals surface area (Å²) in [5, 5.41) is 10.8. The first-order chi connectivity index (χ1) is 15.2. The Hall–Kier alpha value is -3.52. The van der Waals surface area contributed by atoms with Crippen LogP contribution in [0.1, 0.15) is 25.1 Å². The molecule has 0 spiro atoms. The number of fused-ring (bicyclic) bond motifs is 4. The van der Waals surface area contributed by atoms with Gasteiger partial charge in [0, 0.05) is 22.1 Å². The van der Waals surface area contributed by atoms with Gasteiger partial charge in [0.05, 0.1) is 12.8 Å². The van der Waals surface area contributed by atoms with Gasteiger partial charge in [0.2, 0.25) is 0 Å². The van der Waals surface area contributed by atoms with Crippen molar-refractivity contribution in [3.63, 3.8) is 0 Å². The SMILES string of the molecule is COc1ccc(Sc2c(O)c3c(=O)n4c(cc3oc2=O)C(C)(C)c2cc(F)ccc2-4)cc1. The van der Waals surface area contributed by atoms with Crippen molar-refractivity contribution < 1.29 is 18.7 Å². The molecule has 2 aromatic carbocycles. The first-order valence-electron chi connectivity index (χ1n) is 9.81. The normalized spacial score (nSPS) is 13.8. The van der Waals surface area contributed by atoms with E-state index in [1.165, 1.54) is 16.7 Å². The lowest BCUT2D eigenvalue weighted by atomic mass is 9.83. The zero-order valence-corrected chi connectivity index (χ0v) is 18.2. The Labute approximate surface area is 185 Å². The van der Waals surface area contributed by atoms with Gasteiger partial charge < -0.3 is 14.3 Å². The molecule has 162 valence electrons. The third-order valence-corrected chi connectivity index (χ3v) is 6.88. The quantitative estimate of drug-likeness (QED) is 0.491. The minimum absolute atomic E-state index is 0.0100. The highest BCUT2D eigenvalue weighted by molar-refractivity contribution is 7.99. The van der Waals surface area contributed by atoms with Crippen LogP contribution in [-0.2, 0) is 5.41 Å². The largest absolute Gasteiger partial charge is 0.505 e. The average molecular weight is 451 g/mol. The van der Waals surface area contributed by atoms with E-state index in [2.05, 4.69) is 0 Å². The number of aromatic hydroxyl groups is 1. The topological polar surface area (TPSA) is 81.7 Å². The summed E-state index contributed by atoms with van der Waals surface area (Å²) in [6.45, 7) is 3.72. The van der Waals surface area contributed by atoms with Gasteiger partial charge in [0.15, 0.2) is 5.75 Å². The highest BCUT2D eigenvalue weighted by Gasteiger charge is 2.38. The average Bonchev–Trinajstić information content (AvgIpc) is 2.98. The van der Waals surface area contributed by atoms with Crippen LogP contribution in [0.5, 0.6) is 11.5 Å². The van der Waals surface area contributed by atoms with Gasteiger partial charge in [-0.2, -0.15) is 0 Å². The maximum absolute atomic E-state index is 13.9. The minimum atomic E-state index is -0.750.